The highest BCUT2D eigenvalue weighted by atomic mass is 32.2. The summed E-state index contributed by atoms with van der Waals surface area (Å²) in [6.07, 6.45) is 1.88. The van der Waals surface area contributed by atoms with E-state index in [9.17, 15) is 0 Å². The minimum atomic E-state index is 0.660. The van der Waals surface area contributed by atoms with Gasteiger partial charge in [-0.15, -0.1) is 0 Å². The van der Waals surface area contributed by atoms with Crippen LogP contribution in [0.15, 0.2) is 29.2 Å². The molecule has 0 aliphatic rings. The van der Waals surface area contributed by atoms with Crippen molar-refractivity contribution in [3.8, 4) is 6.07 Å². The molecular formula is C14H19N3S. The highest BCUT2D eigenvalue weighted by Crippen LogP contribution is 2.19. The van der Waals surface area contributed by atoms with Crippen molar-refractivity contribution in [2.75, 3.05) is 25.0 Å². The molecule has 0 spiro atoms. The topological polar surface area (TPSA) is 39.1 Å². The van der Waals surface area contributed by atoms with E-state index in [0.29, 0.717) is 4.91 Å². The number of rotatable bonds is 6. The minimum absolute atomic E-state index is 0.660. The lowest BCUT2D eigenvalue weighted by molar-refractivity contribution is 0.866. The number of benzene rings is 1. The average Bonchev–Trinajstić information content (AvgIpc) is 2.41. The number of hydrogen-bond donors (Lipinski definition) is 1. The van der Waals surface area contributed by atoms with Crippen molar-refractivity contribution in [3.63, 3.8) is 0 Å². The molecule has 18 heavy (non-hydrogen) atoms. The van der Waals surface area contributed by atoms with Crippen LogP contribution in [0.4, 0.5) is 5.69 Å². The van der Waals surface area contributed by atoms with Crippen molar-refractivity contribution in [2.45, 2.75) is 13.8 Å². The normalized spacial score (nSPS) is 11.1. The third-order valence-corrected chi connectivity index (χ3v) is 3.27. The molecule has 0 aromatic heterocycles. The number of nitriles is 1. The molecule has 1 aromatic carbocycles. The second kappa shape index (κ2) is 7.80. The minimum Gasteiger partial charge on any atom is -0.372 e. The smallest absolute Gasteiger partial charge is 0.107 e. The van der Waals surface area contributed by atoms with Gasteiger partial charge in [0.2, 0.25) is 0 Å². The largest absolute Gasteiger partial charge is 0.372 e. The monoisotopic (exact) mass is 261 g/mol. The molecule has 0 radical (unpaired) electrons. The summed E-state index contributed by atoms with van der Waals surface area (Å²) in [6, 6.07) is 10.4. The van der Waals surface area contributed by atoms with Gasteiger partial charge in [0.25, 0.3) is 0 Å². The Labute approximate surface area is 114 Å². The Morgan fingerprint density at radius 2 is 1.94 bits per heavy atom. The summed E-state index contributed by atoms with van der Waals surface area (Å²) in [5.41, 5.74) is 2.27. The third-order valence-electron chi connectivity index (χ3n) is 2.64. The fraction of sp³-hybridized carbons (Fsp3) is 0.357. The lowest BCUT2D eigenvalue weighted by atomic mass is 10.2. The molecule has 0 saturated heterocycles. The van der Waals surface area contributed by atoms with Gasteiger partial charge in [-0.2, -0.15) is 5.26 Å². The summed E-state index contributed by atoms with van der Waals surface area (Å²) in [5.74, 6) is 0. The quantitative estimate of drug-likeness (QED) is 0.630. The molecule has 4 heteroatoms. The van der Waals surface area contributed by atoms with Crippen LogP contribution in [0, 0.1) is 11.3 Å². The molecule has 0 unspecified atom stereocenters. The Bertz CT molecular complexity index is 427. The van der Waals surface area contributed by atoms with E-state index < -0.39 is 0 Å². The standard InChI is InChI=1S/C14H19N3S/c1-4-17(5-2)13-8-6-12(7-9-13)10-14(11-15)18-16-3/h6-10,16H,4-5H2,1-3H3/b14-10+. The van der Waals surface area contributed by atoms with Crippen LogP contribution < -0.4 is 9.62 Å². The molecule has 0 aliphatic carbocycles. The van der Waals surface area contributed by atoms with Crippen LogP contribution in [0.5, 0.6) is 0 Å². The third kappa shape index (κ3) is 4.10. The lowest BCUT2D eigenvalue weighted by Gasteiger charge is -2.20. The van der Waals surface area contributed by atoms with Crippen molar-refractivity contribution < 1.29 is 0 Å². The maximum absolute atomic E-state index is 8.95. The highest BCUT2D eigenvalue weighted by Gasteiger charge is 2.01. The van der Waals surface area contributed by atoms with Gasteiger partial charge in [-0.3, -0.25) is 4.72 Å². The fourth-order valence-corrected chi connectivity index (χ4v) is 2.18. The number of hydrogen-bond acceptors (Lipinski definition) is 4. The van der Waals surface area contributed by atoms with Crippen LogP contribution >= 0.6 is 11.9 Å². The molecule has 0 fully saturated rings. The zero-order valence-corrected chi connectivity index (χ0v) is 11.9. The van der Waals surface area contributed by atoms with E-state index in [1.54, 1.807) is 7.05 Å². The van der Waals surface area contributed by atoms with E-state index in [-0.39, 0.29) is 0 Å². The second-order valence-corrected chi connectivity index (χ2v) is 4.74. The van der Waals surface area contributed by atoms with E-state index in [4.69, 9.17) is 5.26 Å². The number of nitrogens with zero attached hydrogens (tertiary/aromatic N) is 2. The van der Waals surface area contributed by atoms with Gasteiger partial charge < -0.3 is 4.90 Å². The molecular weight excluding hydrogens is 242 g/mol. The summed E-state index contributed by atoms with van der Waals surface area (Å²) >= 11 is 1.33. The fourth-order valence-electron chi connectivity index (χ4n) is 1.72. The summed E-state index contributed by atoms with van der Waals surface area (Å²) in [6.45, 7) is 6.30. The number of anilines is 1. The van der Waals surface area contributed by atoms with Crippen LogP contribution in [0.1, 0.15) is 19.4 Å². The van der Waals surface area contributed by atoms with Crippen LogP contribution in [0.3, 0.4) is 0 Å². The van der Waals surface area contributed by atoms with Gasteiger partial charge in [0.15, 0.2) is 0 Å². The van der Waals surface area contributed by atoms with Crippen LogP contribution in [0.25, 0.3) is 6.08 Å². The predicted octanol–water partition coefficient (Wildman–Crippen LogP) is 3.26. The van der Waals surface area contributed by atoms with Crippen molar-refractivity contribution in [1.29, 1.82) is 5.26 Å². The van der Waals surface area contributed by atoms with E-state index >= 15 is 0 Å². The second-order valence-electron chi connectivity index (χ2n) is 3.69. The lowest BCUT2D eigenvalue weighted by Crippen LogP contribution is -2.21. The maximum atomic E-state index is 8.95. The van der Waals surface area contributed by atoms with Gasteiger partial charge in [-0.05, 0) is 56.6 Å². The molecule has 1 aromatic rings. The molecule has 1 N–H and O–H groups in total. The molecule has 0 amide bonds. The zero-order chi connectivity index (χ0) is 13.4. The van der Waals surface area contributed by atoms with Crippen molar-refractivity contribution in [2.24, 2.45) is 0 Å². The van der Waals surface area contributed by atoms with Crippen LogP contribution in [0.2, 0.25) is 0 Å². The molecule has 96 valence electrons. The van der Waals surface area contributed by atoms with Gasteiger partial charge in [0.1, 0.15) is 11.0 Å². The number of nitrogens with one attached hydrogen (secondary N) is 1. The van der Waals surface area contributed by atoms with E-state index in [1.807, 2.05) is 18.2 Å². The van der Waals surface area contributed by atoms with Gasteiger partial charge in [0, 0.05) is 18.8 Å². The molecule has 0 atom stereocenters. The molecule has 0 saturated carbocycles. The average molecular weight is 261 g/mol. The highest BCUT2D eigenvalue weighted by molar-refractivity contribution is 8.01. The first kappa shape index (κ1) is 14.6. The molecule has 0 heterocycles. The summed E-state index contributed by atoms with van der Waals surface area (Å²) in [7, 11) is 1.80. The van der Waals surface area contributed by atoms with Gasteiger partial charge in [0.05, 0.1) is 0 Å². The Balaban J connectivity index is 2.86. The van der Waals surface area contributed by atoms with Crippen LogP contribution in [-0.4, -0.2) is 20.1 Å². The number of allylic oxidation sites excluding steroid dienone is 1. The van der Waals surface area contributed by atoms with Crippen molar-refractivity contribution in [1.82, 2.24) is 4.72 Å². The van der Waals surface area contributed by atoms with Crippen LogP contribution in [-0.2, 0) is 0 Å². The Hall–Kier alpha value is -1.44. The van der Waals surface area contributed by atoms with E-state index in [0.717, 1.165) is 18.7 Å². The molecule has 0 bridgehead atoms. The Morgan fingerprint density at radius 1 is 1.33 bits per heavy atom. The van der Waals surface area contributed by atoms with Gasteiger partial charge in [-0.1, -0.05) is 12.1 Å². The Kier molecular flexibility index (Phi) is 6.34. The summed E-state index contributed by atoms with van der Waals surface area (Å²) in [5, 5.41) is 8.95. The van der Waals surface area contributed by atoms with Crippen molar-refractivity contribution in [3.05, 3.63) is 34.7 Å². The first-order valence-electron chi connectivity index (χ1n) is 6.05. The summed E-state index contributed by atoms with van der Waals surface area (Å²) < 4.78 is 2.90. The first-order valence-corrected chi connectivity index (χ1v) is 6.87. The molecule has 0 aliphatic heterocycles. The van der Waals surface area contributed by atoms with Crippen molar-refractivity contribution >= 4 is 23.7 Å². The van der Waals surface area contributed by atoms with Gasteiger partial charge >= 0.3 is 0 Å². The SMILES string of the molecule is CCN(CC)c1ccc(/C=C(\C#N)SNC)cc1. The van der Waals surface area contributed by atoms with E-state index in [2.05, 4.69) is 41.7 Å². The zero-order valence-electron chi connectivity index (χ0n) is 11.1. The van der Waals surface area contributed by atoms with E-state index in [1.165, 1.54) is 17.6 Å². The summed E-state index contributed by atoms with van der Waals surface area (Å²) in [4.78, 5) is 2.95. The first-order chi connectivity index (χ1) is 8.74. The van der Waals surface area contributed by atoms with Gasteiger partial charge in [-0.25, -0.2) is 0 Å². The maximum Gasteiger partial charge on any atom is 0.107 e. The molecule has 1 rings (SSSR count). The Morgan fingerprint density at radius 3 is 2.39 bits per heavy atom. The predicted molar refractivity (Wildman–Crippen MR) is 80.2 cm³/mol. The molecule has 3 nitrogen and oxygen atoms in total.